The van der Waals surface area contributed by atoms with Crippen LogP contribution in [0.1, 0.15) is 25.0 Å². The molecule has 0 bridgehead atoms. The van der Waals surface area contributed by atoms with Crippen LogP contribution < -0.4 is 10.6 Å². The SMILES string of the molecule is CC1CN=C(c2cccc(C3=NCC(C)CN3)c2)NC1. The van der Waals surface area contributed by atoms with Gasteiger partial charge in [0.05, 0.1) is 0 Å². The zero-order valence-corrected chi connectivity index (χ0v) is 12.2. The molecule has 20 heavy (non-hydrogen) atoms. The number of rotatable bonds is 2. The van der Waals surface area contributed by atoms with Gasteiger partial charge in [-0.3, -0.25) is 9.98 Å². The van der Waals surface area contributed by atoms with E-state index in [2.05, 4.69) is 58.7 Å². The van der Waals surface area contributed by atoms with E-state index >= 15 is 0 Å². The molecular formula is C16H22N4. The summed E-state index contributed by atoms with van der Waals surface area (Å²) in [6.07, 6.45) is 0. The number of aliphatic imine (C=N–C) groups is 2. The lowest BCUT2D eigenvalue weighted by atomic mass is 10.0. The van der Waals surface area contributed by atoms with E-state index in [9.17, 15) is 0 Å². The van der Waals surface area contributed by atoms with Crippen LogP contribution in [0.3, 0.4) is 0 Å². The Hall–Kier alpha value is -1.84. The maximum absolute atomic E-state index is 4.62. The van der Waals surface area contributed by atoms with Crippen LogP contribution in [0, 0.1) is 11.8 Å². The van der Waals surface area contributed by atoms with Gasteiger partial charge in [0.1, 0.15) is 11.7 Å². The standard InChI is InChI=1S/C16H22N4/c1-11-7-17-15(18-8-11)13-4-3-5-14(6-13)16-19-9-12(2)10-20-16/h3-6,11-12H,7-10H2,1-2H3,(H,17,18)(H,19,20). The Kier molecular flexibility index (Phi) is 3.72. The van der Waals surface area contributed by atoms with Crippen LogP contribution in [0.15, 0.2) is 34.3 Å². The Morgan fingerprint density at radius 2 is 1.40 bits per heavy atom. The molecule has 106 valence electrons. The second kappa shape index (κ2) is 5.65. The van der Waals surface area contributed by atoms with E-state index in [0.29, 0.717) is 11.8 Å². The van der Waals surface area contributed by atoms with E-state index in [4.69, 9.17) is 0 Å². The van der Waals surface area contributed by atoms with Crippen LogP contribution in [-0.2, 0) is 0 Å². The highest BCUT2D eigenvalue weighted by Gasteiger charge is 2.15. The topological polar surface area (TPSA) is 48.8 Å². The third-order valence-corrected chi connectivity index (χ3v) is 3.77. The molecular weight excluding hydrogens is 248 g/mol. The van der Waals surface area contributed by atoms with Crippen LogP contribution in [0.25, 0.3) is 0 Å². The quantitative estimate of drug-likeness (QED) is 0.858. The highest BCUT2D eigenvalue weighted by molar-refractivity contribution is 6.04. The molecule has 0 radical (unpaired) electrons. The van der Waals surface area contributed by atoms with E-state index in [0.717, 1.165) is 49.0 Å². The highest BCUT2D eigenvalue weighted by Crippen LogP contribution is 2.12. The van der Waals surface area contributed by atoms with Crippen molar-refractivity contribution < 1.29 is 0 Å². The molecule has 0 amide bonds. The van der Waals surface area contributed by atoms with Crippen LogP contribution in [-0.4, -0.2) is 37.9 Å². The molecule has 0 fully saturated rings. The predicted molar refractivity (Wildman–Crippen MR) is 83.6 cm³/mol. The van der Waals surface area contributed by atoms with Gasteiger partial charge in [-0.05, 0) is 17.9 Å². The Morgan fingerprint density at radius 3 is 1.80 bits per heavy atom. The van der Waals surface area contributed by atoms with Crippen molar-refractivity contribution in [3.8, 4) is 0 Å². The van der Waals surface area contributed by atoms with Gasteiger partial charge in [-0.1, -0.05) is 32.0 Å². The van der Waals surface area contributed by atoms with Crippen molar-refractivity contribution in [2.75, 3.05) is 26.2 Å². The molecule has 1 aromatic rings. The second-order valence-electron chi connectivity index (χ2n) is 5.93. The van der Waals surface area contributed by atoms with Gasteiger partial charge in [-0.2, -0.15) is 0 Å². The summed E-state index contributed by atoms with van der Waals surface area (Å²) in [6, 6.07) is 8.47. The number of nitrogens with one attached hydrogen (secondary N) is 2. The van der Waals surface area contributed by atoms with Crippen molar-refractivity contribution in [1.82, 2.24) is 10.6 Å². The molecule has 4 nitrogen and oxygen atoms in total. The van der Waals surface area contributed by atoms with Crippen molar-refractivity contribution >= 4 is 11.7 Å². The summed E-state index contributed by atoms with van der Waals surface area (Å²) >= 11 is 0. The van der Waals surface area contributed by atoms with Crippen molar-refractivity contribution in [2.45, 2.75) is 13.8 Å². The van der Waals surface area contributed by atoms with Gasteiger partial charge >= 0.3 is 0 Å². The van der Waals surface area contributed by atoms with E-state index in [1.54, 1.807) is 0 Å². The molecule has 2 unspecified atom stereocenters. The first-order chi connectivity index (χ1) is 9.72. The van der Waals surface area contributed by atoms with Gasteiger partial charge in [0.25, 0.3) is 0 Å². The van der Waals surface area contributed by atoms with Gasteiger partial charge in [-0.25, -0.2) is 0 Å². The van der Waals surface area contributed by atoms with Crippen LogP contribution in [0.2, 0.25) is 0 Å². The van der Waals surface area contributed by atoms with Gasteiger partial charge < -0.3 is 10.6 Å². The summed E-state index contributed by atoms with van der Waals surface area (Å²) in [5.41, 5.74) is 2.30. The van der Waals surface area contributed by atoms with E-state index in [1.807, 2.05) is 0 Å². The van der Waals surface area contributed by atoms with Crippen molar-refractivity contribution in [3.05, 3.63) is 35.4 Å². The zero-order chi connectivity index (χ0) is 13.9. The number of hydrogen-bond acceptors (Lipinski definition) is 4. The first kappa shape index (κ1) is 13.2. The molecule has 2 N–H and O–H groups in total. The fourth-order valence-electron chi connectivity index (χ4n) is 2.48. The third kappa shape index (κ3) is 2.84. The first-order valence-corrected chi connectivity index (χ1v) is 7.40. The second-order valence-corrected chi connectivity index (χ2v) is 5.93. The molecule has 2 heterocycles. The Balaban J connectivity index is 1.83. The fraction of sp³-hybridized carbons (Fsp3) is 0.500. The molecule has 4 heteroatoms. The summed E-state index contributed by atoms with van der Waals surface area (Å²) in [5.74, 6) is 3.25. The monoisotopic (exact) mass is 270 g/mol. The maximum atomic E-state index is 4.62. The van der Waals surface area contributed by atoms with Gasteiger partial charge in [-0.15, -0.1) is 0 Å². The van der Waals surface area contributed by atoms with Gasteiger partial charge in [0.15, 0.2) is 0 Å². The number of amidine groups is 2. The molecule has 3 rings (SSSR count). The smallest absolute Gasteiger partial charge is 0.128 e. The molecule has 0 aromatic heterocycles. The molecule has 0 aliphatic carbocycles. The first-order valence-electron chi connectivity index (χ1n) is 7.40. The molecule has 0 spiro atoms. The summed E-state index contributed by atoms with van der Waals surface area (Å²) in [5, 5.41) is 6.82. The fourth-order valence-corrected chi connectivity index (χ4v) is 2.48. The lowest BCUT2D eigenvalue weighted by molar-refractivity contribution is 0.554. The van der Waals surface area contributed by atoms with Crippen molar-refractivity contribution in [2.24, 2.45) is 21.8 Å². The van der Waals surface area contributed by atoms with Crippen LogP contribution in [0.5, 0.6) is 0 Å². The summed E-state index contributed by atoms with van der Waals surface area (Å²) < 4.78 is 0. The summed E-state index contributed by atoms with van der Waals surface area (Å²) in [4.78, 5) is 9.25. The Morgan fingerprint density at radius 1 is 0.900 bits per heavy atom. The van der Waals surface area contributed by atoms with E-state index < -0.39 is 0 Å². The number of nitrogens with zero attached hydrogens (tertiary/aromatic N) is 2. The van der Waals surface area contributed by atoms with Crippen LogP contribution in [0.4, 0.5) is 0 Å². The number of hydrogen-bond donors (Lipinski definition) is 2. The predicted octanol–water partition coefficient (Wildman–Crippen LogP) is 1.66. The molecule has 2 atom stereocenters. The highest BCUT2D eigenvalue weighted by atomic mass is 15.0. The van der Waals surface area contributed by atoms with E-state index in [1.165, 1.54) is 0 Å². The molecule has 2 aliphatic heterocycles. The average molecular weight is 270 g/mol. The largest absolute Gasteiger partial charge is 0.370 e. The maximum Gasteiger partial charge on any atom is 0.128 e. The molecule has 0 saturated carbocycles. The molecule has 2 aliphatic rings. The third-order valence-electron chi connectivity index (χ3n) is 3.77. The Bertz CT molecular complexity index is 502. The minimum Gasteiger partial charge on any atom is -0.370 e. The lowest BCUT2D eigenvalue weighted by Gasteiger charge is -2.22. The van der Waals surface area contributed by atoms with Crippen molar-refractivity contribution in [1.29, 1.82) is 0 Å². The molecule has 0 saturated heterocycles. The van der Waals surface area contributed by atoms with Crippen LogP contribution >= 0.6 is 0 Å². The summed E-state index contributed by atoms with van der Waals surface area (Å²) in [7, 11) is 0. The zero-order valence-electron chi connectivity index (χ0n) is 12.2. The van der Waals surface area contributed by atoms with E-state index in [-0.39, 0.29) is 0 Å². The summed E-state index contributed by atoms with van der Waals surface area (Å²) in [6.45, 7) is 8.24. The Labute approximate surface area is 120 Å². The number of benzene rings is 1. The average Bonchev–Trinajstić information content (AvgIpc) is 2.49. The molecule has 1 aromatic carbocycles. The minimum atomic E-state index is 0.618. The lowest BCUT2D eigenvalue weighted by Crippen LogP contribution is -2.36. The normalized spacial score (nSPS) is 26.1. The van der Waals surface area contributed by atoms with Gasteiger partial charge in [0, 0.05) is 37.3 Å². The van der Waals surface area contributed by atoms with Gasteiger partial charge in [0.2, 0.25) is 0 Å². The minimum absolute atomic E-state index is 0.618. The van der Waals surface area contributed by atoms with Crippen molar-refractivity contribution in [3.63, 3.8) is 0 Å².